The zero-order chi connectivity index (χ0) is 21.4. The van der Waals surface area contributed by atoms with Crippen molar-refractivity contribution in [2.75, 3.05) is 11.5 Å². The van der Waals surface area contributed by atoms with Crippen molar-refractivity contribution in [2.24, 2.45) is 5.73 Å². The Morgan fingerprint density at radius 3 is 2.74 bits per heavy atom. The van der Waals surface area contributed by atoms with E-state index in [0.717, 1.165) is 60.3 Å². The summed E-state index contributed by atoms with van der Waals surface area (Å²) in [6.07, 6.45) is 3.76. The number of hydrogen-bond donors (Lipinski definition) is 2. The SMILES string of the molecule is NCc1ccc2c(c1)nc(CN1C(=O)N(C3CC3)Cc3ccccc31)n2CCCCO. The second-order valence-electron chi connectivity index (χ2n) is 8.49. The molecule has 3 aromatic rings. The minimum Gasteiger partial charge on any atom is -0.396 e. The third-order valence-corrected chi connectivity index (χ3v) is 6.30. The first-order valence-corrected chi connectivity index (χ1v) is 11.1. The van der Waals surface area contributed by atoms with E-state index in [9.17, 15) is 9.90 Å². The van der Waals surface area contributed by atoms with E-state index >= 15 is 0 Å². The number of aryl methyl sites for hydroxylation is 1. The number of aromatic nitrogens is 2. The molecule has 0 radical (unpaired) electrons. The fourth-order valence-electron chi connectivity index (χ4n) is 4.49. The Bertz CT molecular complexity index is 1100. The highest BCUT2D eigenvalue weighted by Crippen LogP contribution is 2.37. The molecule has 7 heteroatoms. The van der Waals surface area contributed by atoms with Crippen molar-refractivity contribution in [3.8, 4) is 0 Å². The van der Waals surface area contributed by atoms with Gasteiger partial charge in [-0.15, -0.1) is 0 Å². The Labute approximate surface area is 182 Å². The lowest BCUT2D eigenvalue weighted by Gasteiger charge is -2.37. The number of hydrogen-bond acceptors (Lipinski definition) is 4. The van der Waals surface area contributed by atoms with Crippen molar-refractivity contribution in [1.29, 1.82) is 0 Å². The first-order valence-electron chi connectivity index (χ1n) is 11.1. The van der Waals surface area contributed by atoms with Crippen LogP contribution >= 0.6 is 0 Å². The van der Waals surface area contributed by atoms with Crippen LogP contribution in [0, 0.1) is 0 Å². The van der Waals surface area contributed by atoms with Crippen molar-refractivity contribution >= 4 is 22.8 Å². The molecule has 162 valence electrons. The highest BCUT2D eigenvalue weighted by Gasteiger charge is 2.39. The zero-order valence-corrected chi connectivity index (χ0v) is 17.7. The number of carbonyl (C=O) groups is 1. The number of anilines is 1. The van der Waals surface area contributed by atoms with Crippen molar-refractivity contribution in [3.05, 3.63) is 59.4 Å². The summed E-state index contributed by atoms with van der Waals surface area (Å²) in [4.78, 5) is 22.2. The zero-order valence-electron chi connectivity index (χ0n) is 17.7. The van der Waals surface area contributed by atoms with E-state index < -0.39 is 0 Å². The maximum atomic E-state index is 13.4. The van der Waals surface area contributed by atoms with Crippen LogP contribution in [0.2, 0.25) is 0 Å². The Morgan fingerprint density at radius 2 is 1.97 bits per heavy atom. The molecule has 3 N–H and O–H groups in total. The van der Waals surface area contributed by atoms with Gasteiger partial charge < -0.3 is 20.3 Å². The Hall–Kier alpha value is -2.90. The third-order valence-electron chi connectivity index (χ3n) is 6.30. The molecular weight excluding hydrogens is 390 g/mol. The van der Waals surface area contributed by atoms with Gasteiger partial charge in [-0.25, -0.2) is 9.78 Å². The van der Waals surface area contributed by atoms with Crippen molar-refractivity contribution < 1.29 is 9.90 Å². The summed E-state index contributed by atoms with van der Waals surface area (Å²) in [5.74, 6) is 0.864. The molecule has 0 atom stereocenters. The number of imidazole rings is 1. The van der Waals surface area contributed by atoms with Crippen molar-refractivity contribution in [3.63, 3.8) is 0 Å². The number of benzene rings is 2. The number of aliphatic hydroxyl groups excluding tert-OH is 1. The molecule has 1 saturated carbocycles. The summed E-state index contributed by atoms with van der Waals surface area (Å²) in [5, 5.41) is 9.24. The van der Waals surface area contributed by atoms with E-state index in [1.54, 1.807) is 0 Å². The standard InChI is InChI=1S/C24H29N5O2/c25-14-17-7-10-22-20(13-17)26-23(27(22)11-3-4-12-30)16-29-21-6-2-1-5-18(21)15-28(24(29)31)19-8-9-19/h1-2,5-7,10,13,19,30H,3-4,8-9,11-12,14-16,25H2. The Morgan fingerprint density at radius 1 is 1.13 bits per heavy atom. The molecule has 5 rings (SSSR count). The van der Waals surface area contributed by atoms with E-state index in [4.69, 9.17) is 10.7 Å². The molecule has 0 saturated heterocycles. The molecule has 7 nitrogen and oxygen atoms in total. The number of nitrogens with two attached hydrogens (primary N) is 1. The molecule has 2 heterocycles. The molecule has 1 aromatic heterocycles. The molecule has 1 aliphatic heterocycles. The van der Waals surface area contributed by atoms with Crippen LogP contribution in [0.1, 0.15) is 42.6 Å². The maximum absolute atomic E-state index is 13.4. The number of amides is 2. The molecule has 2 aliphatic rings. The monoisotopic (exact) mass is 419 g/mol. The summed E-state index contributed by atoms with van der Waals surface area (Å²) in [5.41, 5.74) is 11.0. The molecule has 0 unspecified atom stereocenters. The van der Waals surface area contributed by atoms with Gasteiger partial charge >= 0.3 is 6.03 Å². The Balaban J connectivity index is 1.53. The van der Waals surface area contributed by atoms with E-state index in [1.165, 1.54) is 5.56 Å². The third kappa shape index (κ3) is 3.79. The molecule has 1 fully saturated rings. The average molecular weight is 420 g/mol. The highest BCUT2D eigenvalue weighted by molar-refractivity contribution is 5.95. The second-order valence-corrected chi connectivity index (χ2v) is 8.49. The number of fused-ring (bicyclic) bond motifs is 2. The lowest BCUT2D eigenvalue weighted by atomic mass is 10.1. The predicted molar refractivity (Wildman–Crippen MR) is 121 cm³/mol. The molecule has 2 aromatic carbocycles. The van der Waals surface area contributed by atoms with Gasteiger partial charge in [0.25, 0.3) is 0 Å². The van der Waals surface area contributed by atoms with Gasteiger partial charge in [0.05, 0.1) is 23.3 Å². The van der Waals surface area contributed by atoms with Gasteiger partial charge in [0.15, 0.2) is 0 Å². The number of unbranched alkanes of at least 4 members (excludes halogenated alkanes) is 1. The fourth-order valence-corrected chi connectivity index (χ4v) is 4.49. The van der Waals surface area contributed by atoms with Crippen molar-refractivity contribution in [1.82, 2.24) is 14.5 Å². The quantitative estimate of drug-likeness (QED) is 0.548. The van der Waals surface area contributed by atoms with E-state index in [2.05, 4.69) is 16.7 Å². The van der Waals surface area contributed by atoms with Crippen LogP contribution in [0.5, 0.6) is 0 Å². The van der Waals surface area contributed by atoms with Gasteiger partial charge in [-0.3, -0.25) is 4.90 Å². The molecule has 1 aliphatic carbocycles. The van der Waals surface area contributed by atoms with E-state index in [0.29, 0.717) is 25.7 Å². The van der Waals surface area contributed by atoms with Gasteiger partial charge in [-0.05, 0) is 55.0 Å². The molecule has 2 amide bonds. The number of rotatable bonds is 8. The van der Waals surface area contributed by atoms with Crippen LogP contribution in [-0.4, -0.2) is 38.2 Å². The number of carbonyl (C=O) groups excluding carboxylic acids is 1. The average Bonchev–Trinajstić information content (AvgIpc) is 3.58. The van der Waals surface area contributed by atoms with Crippen molar-refractivity contribution in [2.45, 2.75) is 57.9 Å². The summed E-state index contributed by atoms with van der Waals surface area (Å²) in [7, 11) is 0. The maximum Gasteiger partial charge on any atom is 0.325 e. The van der Waals surface area contributed by atoms with Gasteiger partial charge in [0, 0.05) is 32.3 Å². The first kappa shape index (κ1) is 20.0. The van der Waals surface area contributed by atoms with Crippen LogP contribution in [0.25, 0.3) is 11.0 Å². The largest absolute Gasteiger partial charge is 0.396 e. The molecule has 0 bridgehead atoms. The minimum atomic E-state index is 0.0674. The molecule has 0 spiro atoms. The minimum absolute atomic E-state index is 0.0674. The second kappa shape index (κ2) is 8.32. The summed E-state index contributed by atoms with van der Waals surface area (Å²) in [6.45, 7) is 2.50. The summed E-state index contributed by atoms with van der Waals surface area (Å²) in [6, 6.07) is 14.7. The number of aliphatic hydroxyl groups is 1. The van der Waals surface area contributed by atoms with Crippen LogP contribution in [-0.2, 0) is 26.2 Å². The summed E-state index contributed by atoms with van der Waals surface area (Å²) < 4.78 is 2.19. The smallest absolute Gasteiger partial charge is 0.325 e. The lowest BCUT2D eigenvalue weighted by Crippen LogP contribution is -2.48. The van der Waals surface area contributed by atoms with Crippen LogP contribution in [0.4, 0.5) is 10.5 Å². The number of urea groups is 1. The van der Waals surface area contributed by atoms with Gasteiger partial charge in [-0.1, -0.05) is 24.3 Å². The van der Waals surface area contributed by atoms with Crippen LogP contribution < -0.4 is 10.6 Å². The molecular formula is C24H29N5O2. The molecule has 31 heavy (non-hydrogen) atoms. The highest BCUT2D eigenvalue weighted by atomic mass is 16.3. The normalized spacial score (nSPS) is 16.3. The van der Waals surface area contributed by atoms with Crippen LogP contribution in [0.15, 0.2) is 42.5 Å². The van der Waals surface area contributed by atoms with E-state index in [1.807, 2.05) is 40.1 Å². The topological polar surface area (TPSA) is 87.6 Å². The van der Waals surface area contributed by atoms with Gasteiger partial charge in [0.1, 0.15) is 5.82 Å². The van der Waals surface area contributed by atoms with E-state index in [-0.39, 0.29) is 12.6 Å². The fraction of sp³-hybridized carbons (Fsp3) is 0.417. The predicted octanol–water partition coefficient (Wildman–Crippen LogP) is 3.37. The van der Waals surface area contributed by atoms with Crippen LogP contribution in [0.3, 0.4) is 0 Å². The summed E-state index contributed by atoms with van der Waals surface area (Å²) >= 11 is 0. The lowest BCUT2D eigenvalue weighted by molar-refractivity contribution is 0.194. The van der Waals surface area contributed by atoms with Gasteiger partial charge in [0.2, 0.25) is 0 Å². The number of nitrogens with zero attached hydrogens (tertiary/aromatic N) is 4. The number of para-hydroxylation sites is 1. The Kier molecular flexibility index (Phi) is 5.38. The first-order chi connectivity index (χ1) is 15.2. The van der Waals surface area contributed by atoms with Gasteiger partial charge in [-0.2, -0.15) is 0 Å².